The Morgan fingerprint density at radius 3 is 2.28 bits per heavy atom. The summed E-state index contributed by atoms with van der Waals surface area (Å²) in [5.41, 5.74) is 2.73. The largest absolute Gasteiger partial charge is 0.349 e. The lowest BCUT2D eigenvalue weighted by Crippen LogP contribution is -2.43. The molecule has 0 radical (unpaired) electrons. The summed E-state index contributed by atoms with van der Waals surface area (Å²) in [4.78, 5) is 32.3. The Labute approximate surface area is 194 Å². The molecule has 0 spiro atoms. The quantitative estimate of drug-likeness (QED) is 0.768. The first-order valence-corrected chi connectivity index (χ1v) is 12.5. The SMILES string of the molecule is CC(=O)N1CCCCCCCN(C(C)C)Cc2cc(C(=O)NC3CCN(C)CC3)ccc21. The van der Waals surface area contributed by atoms with E-state index in [1.165, 1.54) is 19.3 Å². The van der Waals surface area contributed by atoms with Crippen molar-refractivity contribution < 1.29 is 9.59 Å². The van der Waals surface area contributed by atoms with Gasteiger partial charge in [-0.05, 0) is 90.0 Å². The molecule has 2 amide bonds. The van der Waals surface area contributed by atoms with Crippen LogP contribution < -0.4 is 10.2 Å². The van der Waals surface area contributed by atoms with Gasteiger partial charge in [-0.1, -0.05) is 19.3 Å². The molecule has 0 bridgehead atoms. The van der Waals surface area contributed by atoms with Crippen molar-refractivity contribution in [3.63, 3.8) is 0 Å². The highest BCUT2D eigenvalue weighted by Gasteiger charge is 2.23. The molecule has 0 aliphatic carbocycles. The van der Waals surface area contributed by atoms with E-state index in [9.17, 15) is 9.59 Å². The molecule has 1 N–H and O–H groups in total. The van der Waals surface area contributed by atoms with Gasteiger partial charge in [0.05, 0.1) is 0 Å². The number of piperidine rings is 1. The van der Waals surface area contributed by atoms with Gasteiger partial charge < -0.3 is 15.1 Å². The monoisotopic (exact) mass is 442 g/mol. The van der Waals surface area contributed by atoms with Crippen molar-refractivity contribution >= 4 is 17.5 Å². The Kier molecular flexibility index (Phi) is 9.11. The van der Waals surface area contributed by atoms with E-state index in [4.69, 9.17) is 0 Å². The fourth-order valence-electron chi connectivity index (χ4n) is 4.84. The highest BCUT2D eigenvalue weighted by molar-refractivity contribution is 5.97. The van der Waals surface area contributed by atoms with E-state index in [1.54, 1.807) is 6.92 Å². The van der Waals surface area contributed by atoms with Crippen LogP contribution >= 0.6 is 0 Å². The van der Waals surface area contributed by atoms with Crippen molar-refractivity contribution in [2.24, 2.45) is 0 Å². The number of nitrogens with zero attached hydrogens (tertiary/aromatic N) is 3. The Hall–Kier alpha value is -1.92. The number of likely N-dealkylation sites (tertiary alicyclic amines) is 1. The van der Waals surface area contributed by atoms with Crippen LogP contribution in [0.15, 0.2) is 18.2 Å². The summed E-state index contributed by atoms with van der Waals surface area (Å²) in [7, 11) is 2.13. The molecule has 1 aromatic carbocycles. The van der Waals surface area contributed by atoms with E-state index < -0.39 is 0 Å². The fraction of sp³-hybridized carbons (Fsp3) is 0.692. The number of fused-ring (bicyclic) bond motifs is 1. The number of carbonyl (C=O) groups is 2. The van der Waals surface area contributed by atoms with Gasteiger partial charge in [-0.15, -0.1) is 0 Å². The van der Waals surface area contributed by atoms with Gasteiger partial charge in [0.2, 0.25) is 5.91 Å². The maximum Gasteiger partial charge on any atom is 0.251 e. The van der Waals surface area contributed by atoms with Gasteiger partial charge in [0, 0.05) is 43.3 Å². The topological polar surface area (TPSA) is 55.9 Å². The van der Waals surface area contributed by atoms with Crippen LogP contribution in [0, 0.1) is 0 Å². The molecule has 32 heavy (non-hydrogen) atoms. The molecule has 2 aliphatic heterocycles. The van der Waals surface area contributed by atoms with Crippen molar-refractivity contribution in [2.75, 3.05) is 38.1 Å². The average Bonchev–Trinajstić information content (AvgIpc) is 2.75. The summed E-state index contributed by atoms with van der Waals surface area (Å²) in [5, 5.41) is 3.24. The predicted octanol–water partition coefficient (Wildman–Crippen LogP) is 4.04. The third-order valence-electron chi connectivity index (χ3n) is 7.00. The number of hydrogen-bond donors (Lipinski definition) is 1. The molecule has 0 unspecified atom stereocenters. The average molecular weight is 443 g/mol. The second-order valence-corrected chi connectivity index (χ2v) is 9.90. The molecule has 0 aromatic heterocycles. The Morgan fingerprint density at radius 2 is 1.62 bits per heavy atom. The number of amides is 2. The van der Waals surface area contributed by atoms with Gasteiger partial charge in [0.15, 0.2) is 0 Å². The van der Waals surface area contributed by atoms with Crippen LogP contribution in [0.4, 0.5) is 5.69 Å². The van der Waals surface area contributed by atoms with Crippen molar-refractivity contribution in [1.29, 1.82) is 0 Å². The highest BCUT2D eigenvalue weighted by Crippen LogP contribution is 2.27. The maximum absolute atomic E-state index is 13.1. The van der Waals surface area contributed by atoms with E-state index in [0.717, 1.165) is 69.7 Å². The molecular formula is C26H42N4O2. The molecule has 0 saturated carbocycles. The van der Waals surface area contributed by atoms with Crippen LogP contribution in [-0.2, 0) is 11.3 Å². The number of anilines is 1. The summed E-state index contributed by atoms with van der Waals surface area (Å²) in [6, 6.07) is 6.56. The number of carbonyl (C=O) groups excluding carboxylic acids is 2. The summed E-state index contributed by atoms with van der Waals surface area (Å²) in [6.07, 6.45) is 7.80. The van der Waals surface area contributed by atoms with Gasteiger partial charge in [-0.25, -0.2) is 0 Å². The smallest absolute Gasteiger partial charge is 0.251 e. The van der Waals surface area contributed by atoms with Crippen LogP contribution in [0.25, 0.3) is 0 Å². The third kappa shape index (κ3) is 6.79. The van der Waals surface area contributed by atoms with Crippen molar-refractivity contribution in [1.82, 2.24) is 15.1 Å². The minimum Gasteiger partial charge on any atom is -0.349 e. The summed E-state index contributed by atoms with van der Waals surface area (Å²) >= 11 is 0. The molecule has 2 aliphatic rings. The standard InChI is InChI=1S/C26H42N4O2/c1-20(2)29-14-8-6-5-7-9-15-30(21(3)31)25-11-10-22(18-23(25)19-29)26(32)27-24-12-16-28(4)17-13-24/h10-11,18,20,24H,5-9,12-17,19H2,1-4H3,(H,27,32). The zero-order chi connectivity index (χ0) is 23.1. The first-order chi connectivity index (χ1) is 15.3. The second-order valence-electron chi connectivity index (χ2n) is 9.90. The number of hydrogen-bond acceptors (Lipinski definition) is 4. The van der Waals surface area contributed by atoms with Crippen LogP contribution in [0.1, 0.15) is 81.6 Å². The number of benzene rings is 1. The first-order valence-electron chi connectivity index (χ1n) is 12.5. The van der Waals surface area contributed by atoms with Crippen LogP contribution in [-0.4, -0.2) is 66.9 Å². The molecule has 0 atom stereocenters. The van der Waals surface area contributed by atoms with E-state index in [-0.39, 0.29) is 17.9 Å². The summed E-state index contributed by atoms with van der Waals surface area (Å²) < 4.78 is 0. The highest BCUT2D eigenvalue weighted by atomic mass is 16.2. The lowest BCUT2D eigenvalue weighted by molar-refractivity contribution is -0.116. The zero-order valence-electron chi connectivity index (χ0n) is 20.5. The molecule has 1 fully saturated rings. The van der Waals surface area contributed by atoms with E-state index >= 15 is 0 Å². The third-order valence-corrected chi connectivity index (χ3v) is 7.00. The predicted molar refractivity (Wildman–Crippen MR) is 131 cm³/mol. The van der Waals surface area contributed by atoms with Gasteiger partial charge in [0.25, 0.3) is 5.91 Å². The lowest BCUT2D eigenvalue weighted by atomic mass is 10.0. The molecule has 6 heteroatoms. The summed E-state index contributed by atoms with van der Waals surface area (Å²) in [5.74, 6) is 0.0712. The molecule has 3 rings (SSSR count). The number of rotatable bonds is 3. The van der Waals surface area contributed by atoms with E-state index in [2.05, 4.69) is 36.0 Å². The Morgan fingerprint density at radius 1 is 0.969 bits per heavy atom. The van der Waals surface area contributed by atoms with Crippen molar-refractivity contribution in [3.8, 4) is 0 Å². The van der Waals surface area contributed by atoms with Crippen molar-refractivity contribution in [2.45, 2.75) is 84.3 Å². The van der Waals surface area contributed by atoms with Gasteiger partial charge in [0.1, 0.15) is 0 Å². The molecular weight excluding hydrogens is 400 g/mol. The number of nitrogens with one attached hydrogen (secondary N) is 1. The molecule has 178 valence electrons. The van der Waals surface area contributed by atoms with Gasteiger partial charge >= 0.3 is 0 Å². The Balaban J connectivity index is 1.87. The maximum atomic E-state index is 13.1. The zero-order valence-corrected chi connectivity index (χ0v) is 20.5. The fourth-order valence-corrected chi connectivity index (χ4v) is 4.84. The van der Waals surface area contributed by atoms with E-state index in [0.29, 0.717) is 11.6 Å². The Bertz CT molecular complexity index is 771. The molecule has 6 nitrogen and oxygen atoms in total. The minimum atomic E-state index is -0.000980. The molecule has 1 aromatic rings. The van der Waals surface area contributed by atoms with Crippen LogP contribution in [0.3, 0.4) is 0 Å². The molecule has 2 heterocycles. The van der Waals surface area contributed by atoms with Gasteiger partial charge in [-0.3, -0.25) is 14.5 Å². The van der Waals surface area contributed by atoms with Crippen molar-refractivity contribution in [3.05, 3.63) is 29.3 Å². The summed E-state index contributed by atoms with van der Waals surface area (Å²) in [6.45, 7) is 10.7. The minimum absolute atomic E-state index is 0.000980. The first kappa shape index (κ1) is 24.7. The molecule has 1 saturated heterocycles. The van der Waals surface area contributed by atoms with Crippen LogP contribution in [0.5, 0.6) is 0 Å². The normalized spacial score (nSPS) is 20.3. The lowest BCUT2D eigenvalue weighted by Gasteiger charge is -2.31. The second kappa shape index (κ2) is 11.8. The van der Waals surface area contributed by atoms with Gasteiger partial charge in [-0.2, -0.15) is 0 Å². The van der Waals surface area contributed by atoms with E-state index in [1.807, 2.05) is 23.1 Å². The van der Waals surface area contributed by atoms with Crippen LogP contribution in [0.2, 0.25) is 0 Å².